The Morgan fingerprint density at radius 2 is 0.971 bits per heavy atom. The fourth-order valence-corrected chi connectivity index (χ4v) is 4.82. The van der Waals surface area contributed by atoms with Gasteiger partial charge in [-0.05, 0) is 0 Å². The molecule has 0 N–H and O–H groups in total. The molecule has 9 nitrogen and oxygen atoms in total. The first kappa shape index (κ1) is 28.4. The Morgan fingerprint density at radius 1 is 0.588 bits per heavy atom. The van der Waals surface area contributed by atoms with Crippen LogP contribution in [-0.4, -0.2) is 126 Å². The summed E-state index contributed by atoms with van der Waals surface area (Å²) >= 11 is 0. The van der Waals surface area contributed by atoms with Crippen LogP contribution in [0.15, 0.2) is 0 Å². The van der Waals surface area contributed by atoms with Gasteiger partial charge in [0.05, 0.1) is 38.1 Å². The normalized spacial score (nSPS) is 44.7. The first-order valence-electron chi connectivity index (χ1n) is 11.9. The van der Waals surface area contributed by atoms with Gasteiger partial charge in [0.25, 0.3) is 0 Å². The van der Waals surface area contributed by atoms with Crippen molar-refractivity contribution < 1.29 is 42.6 Å². The number of hydrogen-bond donors (Lipinski definition) is 0. The molecule has 0 spiro atoms. The summed E-state index contributed by atoms with van der Waals surface area (Å²) in [7, 11) is 21.3. The molecule has 3 rings (SSSR count). The SMILES string of the molecule is [B]C1OC(COCOC2C(COCOC3C(COC)OC([B])C3C)OC([B])C2C)C(OC)C1C. The predicted octanol–water partition coefficient (Wildman–Crippen LogP) is -0.0451. The maximum Gasteiger partial charge on any atom is 0.147 e. The smallest absolute Gasteiger partial charge is 0.147 e. The van der Waals surface area contributed by atoms with E-state index in [1.54, 1.807) is 14.2 Å². The summed E-state index contributed by atoms with van der Waals surface area (Å²) in [6.45, 7) is 7.05. The van der Waals surface area contributed by atoms with Crippen molar-refractivity contribution in [2.24, 2.45) is 17.8 Å². The molecule has 0 aromatic heterocycles. The van der Waals surface area contributed by atoms with E-state index in [1.165, 1.54) is 0 Å². The van der Waals surface area contributed by atoms with Crippen molar-refractivity contribution >= 4 is 23.5 Å². The van der Waals surface area contributed by atoms with Crippen LogP contribution in [0, 0.1) is 17.8 Å². The van der Waals surface area contributed by atoms with Crippen molar-refractivity contribution in [3.05, 3.63) is 0 Å². The summed E-state index contributed by atoms with van der Waals surface area (Å²) in [6.07, 6.45) is -1.46. The van der Waals surface area contributed by atoms with Crippen LogP contribution < -0.4 is 0 Å². The Morgan fingerprint density at radius 3 is 1.38 bits per heavy atom. The maximum atomic E-state index is 6.09. The molecule has 3 aliphatic heterocycles. The zero-order valence-corrected chi connectivity index (χ0v) is 20.9. The molecule has 34 heavy (non-hydrogen) atoms. The molecule has 0 aliphatic carbocycles. The van der Waals surface area contributed by atoms with Gasteiger partial charge in [-0.15, -0.1) is 0 Å². The quantitative estimate of drug-likeness (QED) is 0.206. The standard InChI is InChI=1S/C22H37B3O9/c1-11-17(27-5)15(33-20(11)23)7-28-9-31-19-13(3)22(25)34-16(19)8-29-10-30-18-12(2)21(24)32-14(18)6-26-4/h11-22H,6-10H2,1-5H3. The Labute approximate surface area is 207 Å². The number of hydrogen-bond acceptors (Lipinski definition) is 9. The molecule has 0 aromatic carbocycles. The fourth-order valence-electron chi connectivity index (χ4n) is 4.82. The van der Waals surface area contributed by atoms with Crippen LogP contribution in [-0.2, 0) is 42.6 Å². The van der Waals surface area contributed by atoms with Crippen LogP contribution in [0.4, 0.5) is 0 Å². The number of methoxy groups -OCH3 is 2. The van der Waals surface area contributed by atoms with Crippen molar-refractivity contribution in [3.8, 4) is 0 Å². The van der Waals surface area contributed by atoms with Gasteiger partial charge in [0, 0.05) is 50.0 Å². The second-order valence-electron chi connectivity index (χ2n) is 9.39. The minimum Gasteiger partial charge on any atom is -0.382 e. The van der Waals surface area contributed by atoms with Crippen molar-refractivity contribution in [3.63, 3.8) is 0 Å². The summed E-state index contributed by atoms with van der Waals surface area (Å²) in [5.41, 5.74) is 0. The third-order valence-electron chi connectivity index (χ3n) is 7.06. The molecule has 12 heteroatoms. The van der Waals surface area contributed by atoms with Crippen LogP contribution >= 0.6 is 0 Å². The average Bonchev–Trinajstić information content (AvgIpc) is 3.35. The monoisotopic (exact) mass is 478 g/mol. The highest BCUT2D eigenvalue weighted by molar-refractivity contribution is 6.11. The van der Waals surface area contributed by atoms with E-state index in [0.717, 1.165) is 0 Å². The van der Waals surface area contributed by atoms with Gasteiger partial charge in [-0.1, -0.05) is 20.8 Å². The van der Waals surface area contributed by atoms with Crippen molar-refractivity contribution in [2.45, 2.75) is 75.4 Å². The summed E-state index contributed by atoms with van der Waals surface area (Å²) in [4.78, 5) is 0. The molecule has 6 radical (unpaired) electrons. The van der Waals surface area contributed by atoms with Crippen molar-refractivity contribution in [1.82, 2.24) is 0 Å². The third-order valence-corrected chi connectivity index (χ3v) is 7.06. The molecule has 0 bridgehead atoms. The second-order valence-corrected chi connectivity index (χ2v) is 9.39. The Bertz CT molecular complexity index is 606. The predicted molar refractivity (Wildman–Crippen MR) is 125 cm³/mol. The number of ether oxygens (including phenoxy) is 9. The van der Waals surface area contributed by atoms with E-state index in [4.69, 9.17) is 66.2 Å². The second kappa shape index (κ2) is 13.4. The first-order chi connectivity index (χ1) is 16.3. The molecule has 3 heterocycles. The van der Waals surface area contributed by atoms with Crippen molar-refractivity contribution in [2.75, 3.05) is 47.6 Å². The lowest BCUT2D eigenvalue weighted by Gasteiger charge is -2.24. The first-order valence-corrected chi connectivity index (χ1v) is 11.9. The van der Waals surface area contributed by atoms with Crippen LogP contribution in [0.25, 0.3) is 0 Å². The lowest BCUT2D eigenvalue weighted by molar-refractivity contribution is -0.163. The average molecular weight is 478 g/mol. The Hall–Kier alpha value is -0.165. The largest absolute Gasteiger partial charge is 0.382 e. The highest BCUT2D eigenvalue weighted by Crippen LogP contribution is 2.30. The van der Waals surface area contributed by atoms with E-state index in [-0.39, 0.29) is 80.6 Å². The van der Waals surface area contributed by atoms with Gasteiger partial charge in [-0.25, -0.2) is 0 Å². The van der Waals surface area contributed by atoms with Crippen LogP contribution in [0.5, 0.6) is 0 Å². The van der Waals surface area contributed by atoms with Gasteiger partial charge >= 0.3 is 0 Å². The molecule has 3 fully saturated rings. The van der Waals surface area contributed by atoms with Gasteiger partial charge in [0.15, 0.2) is 0 Å². The minimum absolute atomic E-state index is 0.0206. The molecular formula is C22H37B3O9. The van der Waals surface area contributed by atoms with Crippen molar-refractivity contribution in [1.29, 1.82) is 0 Å². The van der Waals surface area contributed by atoms with Gasteiger partial charge in [0.2, 0.25) is 0 Å². The molecule has 0 aromatic rings. The van der Waals surface area contributed by atoms with E-state index >= 15 is 0 Å². The lowest BCUT2D eigenvalue weighted by Crippen LogP contribution is -2.36. The molecule has 188 valence electrons. The van der Waals surface area contributed by atoms with Gasteiger partial charge in [0.1, 0.15) is 55.4 Å². The summed E-state index contributed by atoms with van der Waals surface area (Å²) in [5.74, 6) is 0.0735. The molecule has 3 saturated heterocycles. The molecule has 0 amide bonds. The lowest BCUT2D eigenvalue weighted by atomic mass is 9.86. The summed E-state index contributed by atoms with van der Waals surface area (Å²) in [5, 5.41) is 0. The summed E-state index contributed by atoms with van der Waals surface area (Å²) < 4.78 is 51.3. The molecule has 12 unspecified atom stereocenters. The van der Waals surface area contributed by atoms with Gasteiger partial charge < -0.3 is 42.6 Å². The van der Waals surface area contributed by atoms with Gasteiger partial charge in [-0.2, -0.15) is 0 Å². The maximum absolute atomic E-state index is 6.09. The van der Waals surface area contributed by atoms with E-state index < -0.39 is 12.0 Å². The van der Waals surface area contributed by atoms with Crippen LogP contribution in [0.3, 0.4) is 0 Å². The minimum atomic E-state index is -0.457. The Kier molecular flexibility index (Phi) is 11.2. The zero-order valence-electron chi connectivity index (χ0n) is 20.9. The zero-order chi connectivity index (χ0) is 24.8. The molecule has 0 saturated carbocycles. The van der Waals surface area contributed by atoms with Crippen LogP contribution in [0.1, 0.15) is 20.8 Å². The van der Waals surface area contributed by atoms with E-state index in [9.17, 15) is 0 Å². The fraction of sp³-hybridized carbons (Fsp3) is 1.00. The topological polar surface area (TPSA) is 83.1 Å². The highest BCUT2D eigenvalue weighted by Gasteiger charge is 2.42. The number of rotatable bonds is 13. The van der Waals surface area contributed by atoms with E-state index in [1.807, 2.05) is 20.8 Å². The molecular weight excluding hydrogens is 441 g/mol. The van der Waals surface area contributed by atoms with E-state index in [2.05, 4.69) is 0 Å². The van der Waals surface area contributed by atoms with Crippen LogP contribution in [0.2, 0.25) is 0 Å². The third kappa shape index (κ3) is 6.78. The molecule has 3 aliphatic rings. The summed E-state index contributed by atoms with van der Waals surface area (Å²) in [6, 6.07) is -1.22. The van der Waals surface area contributed by atoms with Gasteiger partial charge in [-0.3, -0.25) is 0 Å². The molecule has 12 atom stereocenters. The highest BCUT2D eigenvalue weighted by atomic mass is 16.7. The Balaban J connectivity index is 1.39. The van der Waals surface area contributed by atoms with E-state index in [0.29, 0.717) is 13.2 Å².